The van der Waals surface area contributed by atoms with E-state index in [-0.39, 0.29) is 11.9 Å². The van der Waals surface area contributed by atoms with Gasteiger partial charge in [-0.3, -0.25) is 0 Å². The van der Waals surface area contributed by atoms with Gasteiger partial charge in [-0.15, -0.1) is 0 Å². The van der Waals surface area contributed by atoms with Gasteiger partial charge >= 0.3 is 0 Å². The first kappa shape index (κ1) is 16.5. The Labute approximate surface area is 129 Å². The van der Waals surface area contributed by atoms with Gasteiger partial charge in [0.25, 0.3) is 0 Å². The molecule has 0 aromatic heterocycles. The third kappa shape index (κ3) is 3.85. The van der Waals surface area contributed by atoms with Gasteiger partial charge in [0.2, 0.25) is 0 Å². The number of rotatable bonds is 5. The van der Waals surface area contributed by atoms with Crippen LogP contribution in [0.25, 0.3) is 0 Å². The largest absolute Gasteiger partial charge is 0.313 e. The number of benzene rings is 1. The van der Waals surface area contributed by atoms with E-state index in [1.165, 1.54) is 38.5 Å². The molecule has 0 saturated heterocycles. The lowest BCUT2D eigenvalue weighted by molar-refractivity contribution is 0.217. The molecule has 118 valence electrons. The quantitative estimate of drug-likeness (QED) is 0.775. The standard InChI is InChI=1S/C19H30FN/c1-5-6-15-7-9-16(10-8-15)19(21-4)18-14(3)11-13(2)12-17(18)20/h11-12,15-16,19,21H,5-10H2,1-4H3. The van der Waals surface area contributed by atoms with E-state index in [1.54, 1.807) is 6.07 Å². The molecule has 1 unspecified atom stereocenters. The minimum atomic E-state index is -0.0393. The average Bonchev–Trinajstić information content (AvgIpc) is 2.44. The second-order valence-electron chi connectivity index (χ2n) is 6.81. The van der Waals surface area contributed by atoms with Gasteiger partial charge in [-0.2, -0.15) is 0 Å². The van der Waals surface area contributed by atoms with Crippen molar-refractivity contribution in [3.8, 4) is 0 Å². The lowest BCUT2D eigenvalue weighted by Crippen LogP contribution is -2.30. The fourth-order valence-electron chi connectivity index (χ4n) is 4.15. The monoisotopic (exact) mass is 291 g/mol. The smallest absolute Gasteiger partial charge is 0.128 e. The predicted molar refractivity (Wildman–Crippen MR) is 88.0 cm³/mol. The Morgan fingerprint density at radius 2 is 1.86 bits per heavy atom. The van der Waals surface area contributed by atoms with E-state index < -0.39 is 0 Å². The van der Waals surface area contributed by atoms with Crippen molar-refractivity contribution in [1.29, 1.82) is 0 Å². The topological polar surface area (TPSA) is 12.0 Å². The minimum Gasteiger partial charge on any atom is -0.313 e. The molecule has 1 nitrogen and oxygen atoms in total. The van der Waals surface area contributed by atoms with Gasteiger partial charge in [-0.25, -0.2) is 4.39 Å². The van der Waals surface area contributed by atoms with E-state index in [0.717, 1.165) is 22.6 Å². The van der Waals surface area contributed by atoms with Crippen LogP contribution < -0.4 is 5.32 Å². The van der Waals surface area contributed by atoms with Gasteiger partial charge in [0.1, 0.15) is 5.82 Å². The Morgan fingerprint density at radius 1 is 1.19 bits per heavy atom. The van der Waals surface area contributed by atoms with Crippen molar-refractivity contribution >= 4 is 0 Å². The molecule has 0 radical (unpaired) electrons. The van der Waals surface area contributed by atoms with Crippen LogP contribution in [0.15, 0.2) is 12.1 Å². The summed E-state index contributed by atoms with van der Waals surface area (Å²) in [5, 5.41) is 3.40. The molecule has 21 heavy (non-hydrogen) atoms. The van der Waals surface area contributed by atoms with Crippen LogP contribution in [0.1, 0.15) is 68.2 Å². The zero-order chi connectivity index (χ0) is 15.4. The highest BCUT2D eigenvalue weighted by atomic mass is 19.1. The zero-order valence-electron chi connectivity index (χ0n) is 14.0. The fraction of sp³-hybridized carbons (Fsp3) is 0.684. The number of hydrogen-bond donors (Lipinski definition) is 1. The summed E-state index contributed by atoms with van der Waals surface area (Å²) in [4.78, 5) is 0. The fourth-order valence-corrected chi connectivity index (χ4v) is 4.15. The highest BCUT2D eigenvalue weighted by Gasteiger charge is 2.29. The number of nitrogens with one attached hydrogen (secondary N) is 1. The lowest BCUT2D eigenvalue weighted by atomic mass is 9.75. The normalized spacial score (nSPS) is 24.0. The second-order valence-corrected chi connectivity index (χ2v) is 6.81. The van der Waals surface area contributed by atoms with Gasteiger partial charge in [-0.1, -0.05) is 38.7 Å². The van der Waals surface area contributed by atoms with Crippen LogP contribution in [0, 0.1) is 31.5 Å². The maximum atomic E-state index is 14.5. The predicted octanol–water partition coefficient (Wildman–Crippen LogP) is 5.31. The maximum absolute atomic E-state index is 14.5. The highest BCUT2D eigenvalue weighted by molar-refractivity contribution is 5.34. The molecule has 1 aromatic rings. The number of aryl methyl sites for hydroxylation is 2. The molecule has 1 N–H and O–H groups in total. The summed E-state index contributed by atoms with van der Waals surface area (Å²) in [5.41, 5.74) is 2.99. The van der Waals surface area contributed by atoms with Crippen LogP contribution in [-0.4, -0.2) is 7.05 Å². The van der Waals surface area contributed by atoms with Gasteiger partial charge in [0, 0.05) is 11.6 Å². The van der Waals surface area contributed by atoms with Crippen molar-refractivity contribution in [3.63, 3.8) is 0 Å². The first-order chi connectivity index (χ1) is 10.1. The molecule has 1 aliphatic carbocycles. The molecule has 1 atom stereocenters. The van der Waals surface area contributed by atoms with Crippen molar-refractivity contribution in [2.75, 3.05) is 7.05 Å². The van der Waals surface area contributed by atoms with Gasteiger partial charge in [-0.05, 0) is 62.8 Å². The first-order valence-electron chi connectivity index (χ1n) is 8.50. The van der Waals surface area contributed by atoms with Crippen LogP contribution in [0.3, 0.4) is 0 Å². The lowest BCUT2D eigenvalue weighted by Gasteiger charge is -2.35. The summed E-state index contributed by atoms with van der Waals surface area (Å²) in [6.07, 6.45) is 7.71. The van der Waals surface area contributed by atoms with Crippen molar-refractivity contribution in [2.45, 2.75) is 65.3 Å². The van der Waals surface area contributed by atoms with E-state index in [1.807, 2.05) is 20.9 Å². The van der Waals surface area contributed by atoms with Crippen molar-refractivity contribution < 1.29 is 4.39 Å². The van der Waals surface area contributed by atoms with Crippen LogP contribution in [0.5, 0.6) is 0 Å². The molecule has 1 fully saturated rings. The Kier molecular flexibility index (Phi) is 5.80. The van der Waals surface area contributed by atoms with Gasteiger partial charge in [0.05, 0.1) is 0 Å². The van der Waals surface area contributed by atoms with Gasteiger partial charge < -0.3 is 5.32 Å². The van der Waals surface area contributed by atoms with E-state index in [4.69, 9.17) is 0 Å². The molecule has 2 heteroatoms. The summed E-state index contributed by atoms with van der Waals surface area (Å²) in [7, 11) is 1.97. The third-order valence-electron chi connectivity index (χ3n) is 5.16. The van der Waals surface area contributed by atoms with Crippen LogP contribution >= 0.6 is 0 Å². The molecule has 0 amide bonds. The van der Waals surface area contributed by atoms with Crippen LogP contribution in [0.2, 0.25) is 0 Å². The Morgan fingerprint density at radius 3 is 2.38 bits per heavy atom. The molecular weight excluding hydrogens is 261 g/mol. The molecule has 0 heterocycles. The summed E-state index contributed by atoms with van der Waals surface area (Å²) in [5.74, 6) is 1.43. The summed E-state index contributed by atoms with van der Waals surface area (Å²) >= 11 is 0. The minimum absolute atomic E-state index is 0.0393. The Hall–Kier alpha value is -0.890. The molecule has 0 spiro atoms. The molecule has 1 aromatic carbocycles. The number of halogens is 1. The SMILES string of the molecule is CCCC1CCC(C(NC)c2c(C)cc(C)cc2F)CC1. The van der Waals surface area contributed by atoms with E-state index in [2.05, 4.69) is 18.3 Å². The number of hydrogen-bond acceptors (Lipinski definition) is 1. The van der Waals surface area contributed by atoms with E-state index in [9.17, 15) is 4.39 Å². The molecule has 0 bridgehead atoms. The summed E-state index contributed by atoms with van der Waals surface area (Å²) in [6, 6.07) is 3.94. The highest BCUT2D eigenvalue weighted by Crippen LogP contribution is 2.39. The van der Waals surface area contributed by atoms with Crippen molar-refractivity contribution in [3.05, 3.63) is 34.6 Å². The zero-order valence-corrected chi connectivity index (χ0v) is 14.0. The van der Waals surface area contributed by atoms with Gasteiger partial charge in [0.15, 0.2) is 0 Å². The Bertz CT molecular complexity index is 438. The maximum Gasteiger partial charge on any atom is 0.128 e. The van der Waals surface area contributed by atoms with E-state index in [0.29, 0.717) is 5.92 Å². The van der Waals surface area contributed by atoms with Crippen LogP contribution in [-0.2, 0) is 0 Å². The van der Waals surface area contributed by atoms with Crippen molar-refractivity contribution in [2.24, 2.45) is 11.8 Å². The molecule has 2 rings (SSSR count). The average molecular weight is 291 g/mol. The van der Waals surface area contributed by atoms with E-state index >= 15 is 0 Å². The summed E-state index contributed by atoms with van der Waals surface area (Å²) in [6.45, 7) is 6.27. The third-order valence-corrected chi connectivity index (χ3v) is 5.16. The molecule has 0 aliphatic heterocycles. The molecule has 1 aliphatic rings. The molecular formula is C19H30FN. The second kappa shape index (κ2) is 7.40. The summed E-state index contributed by atoms with van der Waals surface area (Å²) < 4.78 is 14.5. The van der Waals surface area contributed by atoms with Crippen molar-refractivity contribution in [1.82, 2.24) is 5.32 Å². The molecule has 1 saturated carbocycles. The Balaban J connectivity index is 2.14. The first-order valence-corrected chi connectivity index (χ1v) is 8.50. The van der Waals surface area contributed by atoms with Crippen LogP contribution in [0.4, 0.5) is 4.39 Å².